The molecule has 2 saturated carbocycles. The Morgan fingerprint density at radius 2 is 1.89 bits per heavy atom. The number of hydrogen-bond acceptors (Lipinski definition) is 3. The highest BCUT2D eigenvalue weighted by Crippen LogP contribution is 2.41. The van der Waals surface area contributed by atoms with Crippen LogP contribution in [0.25, 0.3) is 0 Å². The Balaban J connectivity index is 1.93. The summed E-state index contributed by atoms with van der Waals surface area (Å²) >= 11 is 0. The maximum absolute atomic E-state index is 5.29. The third-order valence-corrected chi connectivity index (χ3v) is 5.07. The largest absolute Gasteiger partial charge is 0.383 e. The number of nitrogens with one attached hydrogen (secondary N) is 1. The number of methoxy groups -OCH3 is 1. The van der Waals surface area contributed by atoms with Gasteiger partial charge in [0.2, 0.25) is 0 Å². The van der Waals surface area contributed by atoms with Crippen molar-refractivity contribution in [2.24, 2.45) is 11.3 Å². The smallest absolute Gasteiger partial charge is 0.0589 e. The highest BCUT2D eigenvalue weighted by molar-refractivity contribution is 4.93. The van der Waals surface area contributed by atoms with Crippen LogP contribution in [-0.4, -0.2) is 51.3 Å². The van der Waals surface area contributed by atoms with E-state index in [0.29, 0.717) is 5.41 Å². The van der Waals surface area contributed by atoms with Crippen LogP contribution in [0.2, 0.25) is 0 Å². The van der Waals surface area contributed by atoms with E-state index in [1.54, 1.807) is 0 Å². The second kappa shape index (κ2) is 7.05. The quantitative estimate of drug-likeness (QED) is 0.732. The van der Waals surface area contributed by atoms with Gasteiger partial charge in [-0.3, -0.25) is 4.90 Å². The van der Waals surface area contributed by atoms with Crippen molar-refractivity contribution in [2.75, 3.05) is 40.4 Å². The molecular weight excluding hydrogens is 236 g/mol. The zero-order valence-electron chi connectivity index (χ0n) is 13.1. The first-order chi connectivity index (χ1) is 9.19. The van der Waals surface area contributed by atoms with Gasteiger partial charge < -0.3 is 10.1 Å². The van der Waals surface area contributed by atoms with Gasteiger partial charge >= 0.3 is 0 Å². The predicted molar refractivity (Wildman–Crippen MR) is 80.5 cm³/mol. The van der Waals surface area contributed by atoms with Gasteiger partial charge in [0, 0.05) is 32.8 Å². The molecule has 0 amide bonds. The number of ether oxygens (including phenoxy) is 1. The lowest BCUT2D eigenvalue weighted by Gasteiger charge is -2.43. The Labute approximate surface area is 119 Å². The summed E-state index contributed by atoms with van der Waals surface area (Å²) in [6.45, 7) is 6.85. The number of nitrogens with zero attached hydrogens (tertiary/aromatic N) is 1. The predicted octanol–water partition coefficient (Wildman–Crippen LogP) is 2.51. The first-order valence-electron chi connectivity index (χ1n) is 8.07. The van der Waals surface area contributed by atoms with Gasteiger partial charge in [-0.2, -0.15) is 0 Å². The van der Waals surface area contributed by atoms with Crippen LogP contribution >= 0.6 is 0 Å². The lowest BCUT2D eigenvalue weighted by molar-refractivity contribution is 0.0653. The van der Waals surface area contributed by atoms with Crippen molar-refractivity contribution in [3.8, 4) is 0 Å². The van der Waals surface area contributed by atoms with Crippen LogP contribution in [0.15, 0.2) is 0 Å². The molecule has 0 saturated heterocycles. The van der Waals surface area contributed by atoms with E-state index in [1.807, 2.05) is 7.11 Å². The lowest BCUT2D eigenvalue weighted by atomic mass is 9.70. The number of rotatable bonds is 8. The Hall–Kier alpha value is -0.120. The van der Waals surface area contributed by atoms with Crippen LogP contribution < -0.4 is 5.32 Å². The van der Waals surface area contributed by atoms with Crippen LogP contribution in [0.1, 0.15) is 45.4 Å². The molecule has 0 aromatic heterocycles. The highest BCUT2D eigenvalue weighted by Gasteiger charge is 2.39. The van der Waals surface area contributed by atoms with Crippen LogP contribution in [0.3, 0.4) is 0 Å². The second-order valence-electron chi connectivity index (χ2n) is 6.91. The molecule has 3 nitrogen and oxygen atoms in total. The molecule has 0 aromatic rings. The molecule has 19 heavy (non-hydrogen) atoms. The Bertz CT molecular complexity index is 257. The van der Waals surface area contributed by atoms with E-state index in [0.717, 1.165) is 25.1 Å². The fourth-order valence-corrected chi connectivity index (χ4v) is 3.61. The Kier molecular flexibility index (Phi) is 5.67. The van der Waals surface area contributed by atoms with Crippen LogP contribution in [0, 0.1) is 11.3 Å². The van der Waals surface area contributed by atoms with Crippen molar-refractivity contribution >= 4 is 0 Å². The third-order valence-electron chi connectivity index (χ3n) is 5.07. The molecule has 0 aliphatic heterocycles. The van der Waals surface area contributed by atoms with Crippen molar-refractivity contribution in [1.29, 1.82) is 0 Å². The zero-order chi connectivity index (χ0) is 13.7. The second-order valence-corrected chi connectivity index (χ2v) is 6.91. The summed E-state index contributed by atoms with van der Waals surface area (Å²) in [5.41, 5.74) is 0.511. The van der Waals surface area contributed by atoms with Crippen molar-refractivity contribution in [1.82, 2.24) is 10.2 Å². The van der Waals surface area contributed by atoms with E-state index in [4.69, 9.17) is 4.74 Å². The molecule has 0 aromatic carbocycles. The maximum Gasteiger partial charge on any atom is 0.0589 e. The molecule has 2 aliphatic carbocycles. The van der Waals surface area contributed by atoms with Gasteiger partial charge in [0.1, 0.15) is 0 Å². The number of hydrogen-bond donors (Lipinski definition) is 1. The minimum atomic E-state index is 0.511. The molecule has 0 radical (unpaired) electrons. The molecule has 0 heterocycles. The molecule has 2 rings (SSSR count). The van der Waals surface area contributed by atoms with Crippen LogP contribution in [0.4, 0.5) is 0 Å². The summed E-state index contributed by atoms with van der Waals surface area (Å²) in [6.07, 6.45) is 8.40. The van der Waals surface area contributed by atoms with E-state index in [-0.39, 0.29) is 0 Å². The van der Waals surface area contributed by atoms with Gasteiger partial charge in [0.25, 0.3) is 0 Å². The summed E-state index contributed by atoms with van der Waals surface area (Å²) in [5.74, 6) is 0.929. The summed E-state index contributed by atoms with van der Waals surface area (Å²) < 4.78 is 5.29. The van der Waals surface area contributed by atoms with Gasteiger partial charge in [0.15, 0.2) is 0 Å². The molecule has 112 valence electrons. The summed E-state index contributed by atoms with van der Waals surface area (Å²) in [5, 5.41) is 3.46. The van der Waals surface area contributed by atoms with Gasteiger partial charge in [-0.1, -0.05) is 19.8 Å². The molecule has 0 unspecified atom stereocenters. The van der Waals surface area contributed by atoms with Crippen molar-refractivity contribution in [3.63, 3.8) is 0 Å². The van der Waals surface area contributed by atoms with Crippen molar-refractivity contribution < 1.29 is 4.74 Å². The minimum absolute atomic E-state index is 0.511. The first kappa shape index (κ1) is 15.3. The van der Waals surface area contributed by atoms with E-state index < -0.39 is 0 Å². The molecule has 2 aliphatic rings. The van der Waals surface area contributed by atoms with E-state index in [9.17, 15) is 0 Å². The fourth-order valence-electron chi connectivity index (χ4n) is 3.61. The Morgan fingerprint density at radius 3 is 2.42 bits per heavy atom. The molecule has 0 atom stereocenters. The highest BCUT2D eigenvalue weighted by atomic mass is 16.5. The maximum atomic E-state index is 5.29. The standard InChI is InChI=1S/C16H32N2O/c1-14-6-8-16(9-7-14,12-17-2)13-18(10-11-19-3)15-4-5-15/h14-15,17H,4-13H2,1-3H3. The van der Waals surface area contributed by atoms with Gasteiger partial charge in [-0.15, -0.1) is 0 Å². The molecular formula is C16H32N2O. The normalized spacial score (nSPS) is 31.9. The monoisotopic (exact) mass is 268 g/mol. The van der Waals surface area contributed by atoms with Crippen molar-refractivity contribution in [3.05, 3.63) is 0 Å². The average Bonchev–Trinajstić information content (AvgIpc) is 3.23. The summed E-state index contributed by atoms with van der Waals surface area (Å²) in [4.78, 5) is 2.71. The minimum Gasteiger partial charge on any atom is -0.383 e. The van der Waals surface area contributed by atoms with Crippen LogP contribution in [-0.2, 0) is 4.74 Å². The topological polar surface area (TPSA) is 24.5 Å². The molecule has 1 N–H and O–H groups in total. The third kappa shape index (κ3) is 4.44. The van der Waals surface area contributed by atoms with E-state index in [2.05, 4.69) is 24.2 Å². The lowest BCUT2D eigenvalue weighted by Crippen LogP contribution is -2.47. The van der Waals surface area contributed by atoms with Crippen molar-refractivity contribution in [2.45, 2.75) is 51.5 Å². The molecule has 2 fully saturated rings. The SMILES string of the molecule is CNCC1(CN(CCOC)C2CC2)CCC(C)CC1. The first-order valence-corrected chi connectivity index (χ1v) is 8.07. The molecule has 0 spiro atoms. The van der Waals surface area contributed by atoms with Gasteiger partial charge in [-0.05, 0) is 44.1 Å². The molecule has 0 bridgehead atoms. The van der Waals surface area contributed by atoms with E-state index >= 15 is 0 Å². The summed E-state index contributed by atoms with van der Waals surface area (Å²) in [7, 11) is 3.92. The average molecular weight is 268 g/mol. The fraction of sp³-hybridized carbons (Fsp3) is 1.00. The van der Waals surface area contributed by atoms with E-state index in [1.165, 1.54) is 51.6 Å². The van der Waals surface area contributed by atoms with Gasteiger partial charge in [-0.25, -0.2) is 0 Å². The zero-order valence-corrected chi connectivity index (χ0v) is 13.1. The Morgan fingerprint density at radius 1 is 1.21 bits per heavy atom. The van der Waals surface area contributed by atoms with Crippen LogP contribution in [0.5, 0.6) is 0 Å². The summed E-state index contributed by atoms with van der Waals surface area (Å²) in [6, 6.07) is 0.850. The molecule has 3 heteroatoms. The van der Waals surface area contributed by atoms with Gasteiger partial charge in [0.05, 0.1) is 6.61 Å².